The Hall–Kier alpha value is -3.12. The van der Waals surface area contributed by atoms with Crippen molar-refractivity contribution in [2.24, 2.45) is 0 Å². The minimum Gasteiger partial charge on any atom is -0.497 e. The number of hydrogen-bond acceptors (Lipinski definition) is 4. The molecule has 0 saturated carbocycles. The van der Waals surface area contributed by atoms with Gasteiger partial charge in [0, 0.05) is 23.5 Å². The molecule has 2 amide bonds. The molecule has 160 valence electrons. The molecule has 0 fully saturated rings. The molecule has 1 aliphatic heterocycles. The molecule has 0 spiro atoms. The molecule has 0 aliphatic carbocycles. The number of carbonyl (C=O) groups is 2. The van der Waals surface area contributed by atoms with E-state index in [0.717, 1.165) is 28.9 Å². The number of thiophene rings is 1. The molecule has 5 nitrogen and oxygen atoms in total. The first-order chi connectivity index (χ1) is 14.9. The SMILES string of the molecule is COc1ccc([C@H](C)NC(=O)c2cc3c(s2)CCN(C(=O)c2ccc(C)cc2)C3)cc1. The Balaban J connectivity index is 1.42. The van der Waals surface area contributed by atoms with Crippen LogP contribution in [0.15, 0.2) is 54.6 Å². The number of rotatable bonds is 5. The highest BCUT2D eigenvalue weighted by molar-refractivity contribution is 7.14. The summed E-state index contributed by atoms with van der Waals surface area (Å²) >= 11 is 1.53. The summed E-state index contributed by atoms with van der Waals surface area (Å²) in [5.41, 5.74) is 3.93. The van der Waals surface area contributed by atoms with E-state index in [1.165, 1.54) is 16.2 Å². The molecule has 0 radical (unpaired) electrons. The molecule has 1 atom stereocenters. The van der Waals surface area contributed by atoms with Crippen molar-refractivity contribution in [2.45, 2.75) is 32.9 Å². The number of nitrogens with zero attached hydrogens (tertiary/aromatic N) is 1. The molecular weight excluding hydrogens is 408 g/mol. The normalized spacial score (nSPS) is 14.0. The van der Waals surface area contributed by atoms with E-state index in [0.29, 0.717) is 23.5 Å². The minimum absolute atomic E-state index is 0.0379. The lowest BCUT2D eigenvalue weighted by molar-refractivity contribution is 0.0736. The maximum Gasteiger partial charge on any atom is 0.261 e. The van der Waals surface area contributed by atoms with E-state index in [4.69, 9.17) is 4.74 Å². The van der Waals surface area contributed by atoms with Crippen molar-refractivity contribution in [1.82, 2.24) is 10.2 Å². The summed E-state index contributed by atoms with van der Waals surface area (Å²) in [4.78, 5) is 29.4. The van der Waals surface area contributed by atoms with Gasteiger partial charge in [0.25, 0.3) is 11.8 Å². The average molecular weight is 435 g/mol. The van der Waals surface area contributed by atoms with E-state index in [2.05, 4.69) is 5.32 Å². The Labute approximate surface area is 186 Å². The second-order valence-electron chi connectivity index (χ2n) is 7.87. The second kappa shape index (κ2) is 8.94. The van der Waals surface area contributed by atoms with Gasteiger partial charge in [0.2, 0.25) is 0 Å². The number of ether oxygens (including phenoxy) is 1. The zero-order valence-corrected chi connectivity index (χ0v) is 18.8. The highest BCUT2D eigenvalue weighted by Crippen LogP contribution is 2.29. The Bertz CT molecular complexity index is 1090. The van der Waals surface area contributed by atoms with Gasteiger partial charge in [0.1, 0.15) is 5.75 Å². The molecule has 0 unspecified atom stereocenters. The number of nitrogens with one attached hydrogen (secondary N) is 1. The lowest BCUT2D eigenvalue weighted by Crippen LogP contribution is -2.35. The van der Waals surface area contributed by atoms with Crippen LogP contribution in [0.5, 0.6) is 5.75 Å². The predicted octanol–water partition coefficient (Wildman–Crippen LogP) is 4.75. The van der Waals surface area contributed by atoms with Crippen LogP contribution in [0, 0.1) is 6.92 Å². The van der Waals surface area contributed by atoms with E-state index in [-0.39, 0.29) is 17.9 Å². The highest BCUT2D eigenvalue weighted by atomic mass is 32.1. The van der Waals surface area contributed by atoms with Gasteiger partial charge < -0.3 is 15.0 Å². The van der Waals surface area contributed by atoms with Crippen molar-refractivity contribution >= 4 is 23.2 Å². The third kappa shape index (κ3) is 4.64. The first-order valence-corrected chi connectivity index (χ1v) is 11.2. The van der Waals surface area contributed by atoms with Gasteiger partial charge in [-0.2, -0.15) is 0 Å². The lowest BCUT2D eigenvalue weighted by atomic mass is 10.1. The molecule has 2 heterocycles. The number of hydrogen-bond donors (Lipinski definition) is 1. The first kappa shape index (κ1) is 21.1. The van der Waals surface area contributed by atoms with Crippen molar-refractivity contribution in [1.29, 1.82) is 0 Å². The van der Waals surface area contributed by atoms with E-state index < -0.39 is 0 Å². The first-order valence-electron chi connectivity index (χ1n) is 10.4. The van der Waals surface area contributed by atoms with Crippen LogP contribution in [0.4, 0.5) is 0 Å². The number of aryl methyl sites for hydroxylation is 1. The highest BCUT2D eigenvalue weighted by Gasteiger charge is 2.25. The molecule has 0 bridgehead atoms. The van der Waals surface area contributed by atoms with Gasteiger partial charge in [0.15, 0.2) is 0 Å². The molecule has 1 aromatic heterocycles. The van der Waals surface area contributed by atoms with E-state index >= 15 is 0 Å². The molecular formula is C25H26N2O3S. The van der Waals surface area contributed by atoms with Gasteiger partial charge >= 0.3 is 0 Å². The summed E-state index contributed by atoms with van der Waals surface area (Å²) < 4.78 is 5.19. The van der Waals surface area contributed by atoms with Gasteiger partial charge in [-0.1, -0.05) is 29.8 Å². The van der Waals surface area contributed by atoms with E-state index in [9.17, 15) is 9.59 Å². The van der Waals surface area contributed by atoms with Crippen LogP contribution in [0.1, 0.15) is 54.6 Å². The number of carbonyl (C=O) groups excluding carboxylic acids is 2. The Morgan fingerprint density at radius 1 is 1.10 bits per heavy atom. The maximum atomic E-state index is 12.9. The number of methoxy groups -OCH3 is 1. The molecule has 1 aliphatic rings. The topological polar surface area (TPSA) is 58.6 Å². The van der Waals surface area contributed by atoms with Crippen LogP contribution in [-0.4, -0.2) is 30.4 Å². The zero-order valence-electron chi connectivity index (χ0n) is 18.0. The Morgan fingerprint density at radius 2 is 1.81 bits per heavy atom. The molecule has 0 saturated heterocycles. The van der Waals surface area contributed by atoms with Crippen molar-refractivity contribution in [3.8, 4) is 5.75 Å². The van der Waals surface area contributed by atoms with Crippen LogP contribution in [0.3, 0.4) is 0 Å². The monoisotopic (exact) mass is 434 g/mol. The largest absolute Gasteiger partial charge is 0.497 e. The third-order valence-corrected chi connectivity index (χ3v) is 6.88. The molecule has 4 rings (SSSR count). The molecule has 1 N–H and O–H groups in total. The molecule has 3 aromatic rings. The smallest absolute Gasteiger partial charge is 0.261 e. The van der Waals surface area contributed by atoms with Crippen LogP contribution < -0.4 is 10.1 Å². The van der Waals surface area contributed by atoms with Crippen molar-refractivity contribution in [3.63, 3.8) is 0 Å². The summed E-state index contributed by atoms with van der Waals surface area (Å²) in [6, 6.07) is 17.2. The van der Waals surface area contributed by atoms with Crippen LogP contribution in [0.2, 0.25) is 0 Å². The summed E-state index contributed by atoms with van der Waals surface area (Å²) in [6.07, 6.45) is 0.777. The summed E-state index contributed by atoms with van der Waals surface area (Å²) in [5.74, 6) is 0.744. The van der Waals surface area contributed by atoms with Crippen LogP contribution >= 0.6 is 11.3 Å². The predicted molar refractivity (Wildman–Crippen MR) is 123 cm³/mol. The fourth-order valence-electron chi connectivity index (χ4n) is 3.74. The van der Waals surface area contributed by atoms with Gasteiger partial charge in [-0.25, -0.2) is 0 Å². The van der Waals surface area contributed by atoms with Crippen LogP contribution in [-0.2, 0) is 13.0 Å². The Morgan fingerprint density at radius 3 is 2.48 bits per heavy atom. The number of benzene rings is 2. The van der Waals surface area contributed by atoms with E-state index in [1.54, 1.807) is 7.11 Å². The lowest BCUT2D eigenvalue weighted by Gasteiger charge is -2.27. The minimum atomic E-state index is -0.114. The van der Waals surface area contributed by atoms with Gasteiger partial charge in [0.05, 0.1) is 18.0 Å². The third-order valence-electron chi connectivity index (χ3n) is 5.64. The zero-order chi connectivity index (χ0) is 22.0. The number of fused-ring (bicyclic) bond motifs is 1. The van der Waals surface area contributed by atoms with Crippen molar-refractivity contribution in [3.05, 3.63) is 86.6 Å². The van der Waals surface area contributed by atoms with Crippen molar-refractivity contribution in [2.75, 3.05) is 13.7 Å². The summed E-state index contributed by atoms with van der Waals surface area (Å²) in [7, 11) is 1.63. The van der Waals surface area contributed by atoms with Gasteiger partial charge in [-0.05, 0) is 61.7 Å². The number of amides is 2. The fourth-order valence-corrected chi connectivity index (χ4v) is 4.81. The quantitative estimate of drug-likeness (QED) is 0.630. The molecule has 31 heavy (non-hydrogen) atoms. The summed E-state index contributed by atoms with van der Waals surface area (Å²) in [5, 5.41) is 3.07. The van der Waals surface area contributed by atoms with Gasteiger partial charge in [-0.3, -0.25) is 9.59 Å². The standard InChI is InChI=1S/C25H26N2O3S/c1-16-4-6-19(7-5-16)25(29)27-13-12-22-20(15-27)14-23(31-22)24(28)26-17(2)18-8-10-21(30-3)11-9-18/h4-11,14,17H,12-13,15H2,1-3H3,(H,26,28)/t17-/m0/s1. The Kier molecular flexibility index (Phi) is 6.09. The summed E-state index contributed by atoms with van der Waals surface area (Å²) in [6.45, 7) is 5.19. The fraction of sp³-hybridized carbons (Fsp3) is 0.280. The average Bonchev–Trinajstić information content (AvgIpc) is 3.23. The van der Waals surface area contributed by atoms with Gasteiger partial charge in [-0.15, -0.1) is 11.3 Å². The second-order valence-corrected chi connectivity index (χ2v) is 9.01. The maximum absolute atomic E-state index is 12.9. The molecule has 2 aromatic carbocycles. The van der Waals surface area contributed by atoms with E-state index in [1.807, 2.05) is 73.3 Å². The van der Waals surface area contributed by atoms with Crippen molar-refractivity contribution < 1.29 is 14.3 Å². The van der Waals surface area contributed by atoms with Crippen LogP contribution in [0.25, 0.3) is 0 Å². The molecule has 6 heteroatoms.